The molecule has 0 amide bonds. The first-order chi connectivity index (χ1) is 8.25. The van der Waals surface area contributed by atoms with Gasteiger partial charge in [0.2, 0.25) is 0 Å². The van der Waals surface area contributed by atoms with Gasteiger partial charge in [0.25, 0.3) is 0 Å². The molecule has 1 aliphatic heterocycles. The number of hydrogen-bond donors (Lipinski definition) is 1. The zero-order valence-corrected chi connectivity index (χ0v) is 11.9. The molecule has 1 aliphatic rings. The summed E-state index contributed by atoms with van der Waals surface area (Å²) in [5, 5.41) is 3.94. The fraction of sp³-hybridized carbons (Fsp3) is 0.455. The highest BCUT2D eigenvalue weighted by atomic mass is 32.2. The van der Waals surface area contributed by atoms with Crippen LogP contribution in [0, 0.1) is 0 Å². The number of thiophene rings is 1. The number of thioether (sulfide) groups is 2. The van der Waals surface area contributed by atoms with E-state index in [0.29, 0.717) is 16.3 Å². The van der Waals surface area contributed by atoms with Crippen molar-refractivity contribution in [2.24, 2.45) is 0 Å². The number of hydrogen-bond acceptors (Lipinski definition) is 6. The van der Waals surface area contributed by atoms with Gasteiger partial charge in [0, 0.05) is 16.8 Å². The molecule has 0 spiro atoms. The standard InChI is InChI=1S/C11H13N3S3/c1-6-8(16-5-4-15-6)10-13-9(12)7-2-3-17-11(7)14-10/h2-3,6,8H,4-5H2,1H3,(H2,12,13,14). The lowest BCUT2D eigenvalue weighted by Crippen LogP contribution is -2.18. The summed E-state index contributed by atoms with van der Waals surface area (Å²) < 4.78 is 0. The maximum Gasteiger partial charge on any atom is 0.146 e. The van der Waals surface area contributed by atoms with E-state index in [1.165, 1.54) is 11.5 Å². The summed E-state index contributed by atoms with van der Waals surface area (Å²) in [6.45, 7) is 2.25. The Morgan fingerprint density at radius 3 is 2.94 bits per heavy atom. The molecule has 3 heterocycles. The number of nitrogens with zero attached hydrogens (tertiary/aromatic N) is 2. The van der Waals surface area contributed by atoms with Crippen LogP contribution < -0.4 is 5.73 Å². The predicted molar refractivity (Wildman–Crippen MR) is 78.9 cm³/mol. The molecule has 0 saturated carbocycles. The molecule has 1 saturated heterocycles. The van der Waals surface area contributed by atoms with Crippen molar-refractivity contribution in [2.75, 3.05) is 17.2 Å². The molecule has 17 heavy (non-hydrogen) atoms. The first kappa shape index (κ1) is 11.6. The molecule has 2 aromatic heterocycles. The van der Waals surface area contributed by atoms with Crippen molar-refractivity contribution in [3.63, 3.8) is 0 Å². The summed E-state index contributed by atoms with van der Waals surface area (Å²) in [5.41, 5.74) is 5.99. The van der Waals surface area contributed by atoms with E-state index in [-0.39, 0.29) is 0 Å². The van der Waals surface area contributed by atoms with Gasteiger partial charge in [0.1, 0.15) is 16.5 Å². The Hall–Kier alpha value is -0.460. The highest BCUT2D eigenvalue weighted by molar-refractivity contribution is 8.06. The minimum Gasteiger partial charge on any atom is -0.383 e. The molecular formula is C11H13N3S3. The molecule has 2 atom stereocenters. The number of rotatable bonds is 1. The van der Waals surface area contributed by atoms with E-state index < -0.39 is 0 Å². The van der Waals surface area contributed by atoms with Gasteiger partial charge in [-0.1, -0.05) is 6.92 Å². The first-order valence-electron chi connectivity index (χ1n) is 5.49. The normalized spacial score (nSPS) is 25.2. The third-order valence-corrected chi connectivity index (χ3v) is 6.71. The van der Waals surface area contributed by atoms with Gasteiger partial charge in [-0.2, -0.15) is 11.8 Å². The molecule has 2 unspecified atom stereocenters. The SMILES string of the molecule is CC1SCCSC1c1nc(N)c2ccsc2n1. The predicted octanol–water partition coefficient (Wildman–Crippen LogP) is 3.18. The largest absolute Gasteiger partial charge is 0.383 e. The fourth-order valence-corrected chi connectivity index (χ4v) is 5.41. The van der Waals surface area contributed by atoms with E-state index in [1.807, 2.05) is 35.0 Å². The molecule has 1 fully saturated rings. The molecule has 2 aromatic rings. The minimum atomic E-state index is 0.377. The zero-order chi connectivity index (χ0) is 11.8. The molecule has 0 aliphatic carbocycles. The lowest BCUT2D eigenvalue weighted by molar-refractivity contribution is 0.836. The van der Waals surface area contributed by atoms with Gasteiger partial charge in [0.05, 0.1) is 10.6 Å². The lowest BCUT2D eigenvalue weighted by atomic mass is 10.3. The average Bonchev–Trinajstić information content (AvgIpc) is 2.78. The van der Waals surface area contributed by atoms with Crippen LogP contribution in [0.4, 0.5) is 5.82 Å². The zero-order valence-electron chi connectivity index (χ0n) is 9.42. The number of nitrogens with two attached hydrogens (primary N) is 1. The van der Waals surface area contributed by atoms with Gasteiger partial charge in [-0.3, -0.25) is 0 Å². The second-order valence-electron chi connectivity index (χ2n) is 3.97. The van der Waals surface area contributed by atoms with Crippen LogP contribution in [0.25, 0.3) is 10.2 Å². The van der Waals surface area contributed by atoms with Gasteiger partial charge in [-0.05, 0) is 11.4 Å². The Balaban J connectivity index is 2.04. The molecule has 3 nitrogen and oxygen atoms in total. The summed E-state index contributed by atoms with van der Waals surface area (Å²) >= 11 is 5.58. The molecular weight excluding hydrogens is 270 g/mol. The van der Waals surface area contributed by atoms with E-state index in [1.54, 1.807) is 11.3 Å². The van der Waals surface area contributed by atoms with Gasteiger partial charge in [-0.25, -0.2) is 9.97 Å². The van der Waals surface area contributed by atoms with Crippen LogP contribution in [-0.4, -0.2) is 26.7 Å². The minimum absolute atomic E-state index is 0.377. The third kappa shape index (κ3) is 2.13. The first-order valence-corrected chi connectivity index (χ1v) is 8.47. The Kier molecular flexibility index (Phi) is 3.19. The summed E-state index contributed by atoms with van der Waals surface area (Å²) in [5.74, 6) is 3.92. The van der Waals surface area contributed by atoms with Crippen molar-refractivity contribution < 1.29 is 0 Å². The quantitative estimate of drug-likeness (QED) is 0.871. The Bertz CT molecular complexity index is 540. The average molecular weight is 283 g/mol. The van der Waals surface area contributed by atoms with Crippen molar-refractivity contribution in [2.45, 2.75) is 17.4 Å². The smallest absolute Gasteiger partial charge is 0.146 e. The Morgan fingerprint density at radius 2 is 2.12 bits per heavy atom. The van der Waals surface area contributed by atoms with Gasteiger partial charge in [-0.15, -0.1) is 23.1 Å². The molecule has 0 bridgehead atoms. The molecule has 0 aromatic carbocycles. The van der Waals surface area contributed by atoms with Crippen molar-refractivity contribution in [3.8, 4) is 0 Å². The molecule has 0 radical (unpaired) electrons. The van der Waals surface area contributed by atoms with Crippen LogP contribution >= 0.6 is 34.9 Å². The topological polar surface area (TPSA) is 51.8 Å². The van der Waals surface area contributed by atoms with Crippen molar-refractivity contribution in [1.29, 1.82) is 0 Å². The highest BCUT2D eigenvalue weighted by Crippen LogP contribution is 2.41. The van der Waals surface area contributed by atoms with Crippen LogP contribution in [0.2, 0.25) is 0 Å². The Labute approximate surface area is 113 Å². The van der Waals surface area contributed by atoms with E-state index in [4.69, 9.17) is 5.73 Å². The summed E-state index contributed by atoms with van der Waals surface area (Å²) in [7, 11) is 0. The van der Waals surface area contributed by atoms with E-state index in [9.17, 15) is 0 Å². The Morgan fingerprint density at radius 1 is 1.29 bits per heavy atom. The highest BCUT2D eigenvalue weighted by Gasteiger charge is 2.27. The van der Waals surface area contributed by atoms with Crippen molar-refractivity contribution >= 4 is 50.9 Å². The number of aromatic nitrogens is 2. The van der Waals surface area contributed by atoms with Crippen LogP contribution in [0.1, 0.15) is 18.0 Å². The van der Waals surface area contributed by atoms with Crippen LogP contribution in [0.3, 0.4) is 0 Å². The number of anilines is 1. The van der Waals surface area contributed by atoms with Gasteiger partial charge >= 0.3 is 0 Å². The number of nitrogen functional groups attached to an aromatic ring is 1. The van der Waals surface area contributed by atoms with Crippen molar-refractivity contribution in [1.82, 2.24) is 9.97 Å². The van der Waals surface area contributed by atoms with E-state index in [0.717, 1.165) is 16.0 Å². The van der Waals surface area contributed by atoms with Crippen LogP contribution in [-0.2, 0) is 0 Å². The van der Waals surface area contributed by atoms with Gasteiger partial charge < -0.3 is 5.73 Å². The lowest BCUT2D eigenvalue weighted by Gasteiger charge is -2.26. The maximum atomic E-state index is 5.99. The molecule has 3 rings (SSSR count). The van der Waals surface area contributed by atoms with E-state index in [2.05, 4.69) is 16.9 Å². The molecule has 6 heteroatoms. The third-order valence-electron chi connectivity index (χ3n) is 2.81. The summed E-state index contributed by atoms with van der Waals surface area (Å²) in [4.78, 5) is 10.2. The van der Waals surface area contributed by atoms with Gasteiger partial charge in [0.15, 0.2) is 0 Å². The summed E-state index contributed by atoms with van der Waals surface area (Å²) in [6.07, 6.45) is 0. The molecule has 2 N–H and O–H groups in total. The van der Waals surface area contributed by atoms with Crippen molar-refractivity contribution in [3.05, 3.63) is 17.3 Å². The van der Waals surface area contributed by atoms with E-state index >= 15 is 0 Å². The maximum absolute atomic E-state index is 5.99. The fourth-order valence-electron chi connectivity index (χ4n) is 1.94. The second-order valence-corrected chi connectivity index (χ2v) is 7.60. The number of fused-ring (bicyclic) bond motifs is 1. The second kappa shape index (κ2) is 4.66. The summed E-state index contributed by atoms with van der Waals surface area (Å²) in [6, 6.07) is 1.99. The monoisotopic (exact) mass is 283 g/mol. The molecule has 90 valence electrons. The van der Waals surface area contributed by atoms with Crippen LogP contribution in [0.15, 0.2) is 11.4 Å². The van der Waals surface area contributed by atoms with Crippen LogP contribution in [0.5, 0.6) is 0 Å².